The number of hydrogen-bond donors (Lipinski definition) is 0. The molecule has 0 saturated heterocycles. The van der Waals surface area contributed by atoms with Gasteiger partial charge in [-0.1, -0.05) is 22.0 Å². The van der Waals surface area contributed by atoms with E-state index in [4.69, 9.17) is 11.6 Å². The first-order valence-electron chi connectivity index (χ1n) is 4.58. The van der Waals surface area contributed by atoms with E-state index in [0.29, 0.717) is 5.88 Å². The summed E-state index contributed by atoms with van der Waals surface area (Å²) in [6.45, 7) is 2.02. The third-order valence-corrected chi connectivity index (χ3v) is 2.89. The predicted octanol–water partition coefficient (Wildman–Crippen LogP) is 3.68. The lowest BCUT2D eigenvalue weighted by Gasteiger charge is -2.04. The Morgan fingerprint density at radius 1 is 1.40 bits per heavy atom. The quantitative estimate of drug-likeness (QED) is 0.770. The molecule has 0 bridgehead atoms. The summed E-state index contributed by atoms with van der Waals surface area (Å²) < 4.78 is 2.94. The monoisotopic (exact) mass is 284 g/mol. The van der Waals surface area contributed by atoms with Gasteiger partial charge in [-0.3, -0.25) is 0 Å². The molecule has 78 valence electrons. The van der Waals surface area contributed by atoms with Gasteiger partial charge in [-0.25, -0.2) is 4.68 Å². The molecule has 0 fully saturated rings. The van der Waals surface area contributed by atoms with Gasteiger partial charge >= 0.3 is 0 Å². The normalized spacial score (nSPS) is 10.6. The lowest BCUT2D eigenvalue weighted by molar-refractivity contribution is 0.830. The van der Waals surface area contributed by atoms with Gasteiger partial charge in [0.2, 0.25) is 0 Å². The van der Waals surface area contributed by atoms with Crippen molar-refractivity contribution in [3.8, 4) is 5.69 Å². The van der Waals surface area contributed by atoms with Crippen molar-refractivity contribution in [1.82, 2.24) is 9.78 Å². The molecule has 0 amide bonds. The SMILES string of the molecule is Cc1cc(CCl)nn1-c1cccc(Br)c1. The Labute approximate surface area is 102 Å². The van der Waals surface area contributed by atoms with Crippen LogP contribution in [0.1, 0.15) is 11.4 Å². The lowest BCUT2D eigenvalue weighted by Crippen LogP contribution is -1.98. The Morgan fingerprint density at radius 2 is 2.20 bits per heavy atom. The van der Waals surface area contributed by atoms with Gasteiger partial charge in [-0.2, -0.15) is 5.10 Å². The largest absolute Gasteiger partial charge is 0.238 e. The summed E-state index contributed by atoms with van der Waals surface area (Å²) in [7, 11) is 0. The molecular weight excluding hydrogens is 275 g/mol. The van der Waals surface area contributed by atoms with Gasteiger partial charge in [-0.15, -0.1) is 11.6 Å². The highest BCUT2D eigenvalue weighted by molar-refractivity contribution is 9.10. The zero-order chi connectivity index (χ0) is 10.8. The minimum Gasteiger partial charge on any atom is -0.238 e. The molecule has 4 heteroatoms. The van der Waals surface area contributed by atoms with Gasteiger partial charge in [-0.05, 0) is 31.2 Å². The van der Waals surface area contributed by atoms with E-state index in [1.54, 1.807) is 0 Å². The van der Waals surface area contributed by atoms with E-state index in [-0.39, 0.29) is 0 Å². The predicted molar refractivity (Wildman–Crippen MR) is 65.6 cm³/mol. The second kappa shape index (κ2) is 4.37. The van der Waals surface area contributed by atoms with Gasteiger partial charge in [0.05, 0.1) is 17.3 Å². The molecule has 0 saturated carbocycles. The highest BCUT2D eigenvalue weighted by Gasteiger charge is 2.05. The van der Waals surface area contributed by atoms with Crippen LogP contribution in [0.5, 0.6) is 0 Å². The molecule has 0 spiro atoms. The Kier molecular flexibility index (Phi) is 3.12. The maximum absolute atomic E-state index is 5.75. The standard InChI is InChI=1S/C11H10BrClN2/c1-8-5-10(7-13)14-15(8)11-4-2-3-9(12)6-11/h2-6H,7H2,1H3. The second-order valence-electron chi connectivity index (χ2n) is 3.30. The average molecular weight is 286 g/mol. The maximum atomic E-state index is 5.75. The number of benzene rings is 1. The fourth-order valence-electron chi connectivity index (χ4n) is 1.47. The molecule has 1 aromatic heterocycles. The smallest absolute Gasteiger partial charge is 0.0779 e. The maximum Gasteiger partial charge on any atom is 0.0779 e. The minimum absolute atomic E-state index is 0.446. The third kappa shape index (κ3) is 2.24. The van der Waals surface area contributed by atoms with Crippen molar-refractivity contribution in [3.63, 3.8) is 0 Å². The van der Waals surface area contributed by atoms with Gasteiger partial charge in [0.25, 0.3) is 0 Å². The third-order valence-electron chi connectivity index (χ3n) is 2.13. The molecule has 2 rings (SSSR count). The highest BCUT2D eigenvalue weighted by atomic mass is 79.9. The van der Waals surface area contributed by atoms with E-state index in [2.05, 4.69) is 21.0 Å². The molecule has 0 aliphatic carbocycles. The van der Waals surface area contributed by atoms with E-state index in [1.165, 1.54) is 0 Å². The highest BCUT2D eigenvalue weighted by Crippen LogP contribution is 2.17. The van der Waals surface area contributed by atoms with Crippen LogP contribution >= 0.6 is 27.5 Å². The van der Waals surface area contributed by atoms with E-state index in [9.17, 15) is 0 Å². The molecule has 2 nitrogen and oxygen atoms in total. The lowest BCUT2D eigenvalue weighted by atomic mass is 10.3. The Balaban J connectivity index is 2.48. The van der Waals surface area contributed by atoms with Gasteiger partial charge in [0.15, 0.2) is 0 Å². The summed E-state index contributed by atoms with van der Waals surface area (Å²) in [5.74, 6) is 0.446. The van der Waals surface area contributed by atoms with Crippen LogP contribution in [0.3, 0.4) is 0 Å². The molecule has 0 atom stereocenters. The molecule has 0 radical (unpaired) electrons. The minimum atomic E-state index is 0.446. The van der Waals surface area contributed by atoms with E-state index < -0.39 is 0 Å². The zero-order valence-corrected chi connectivity index (χ0v) is 10.6. The van der Waals surface area contributed by atoms with Crippen molar-refractivity contribution in [2.75, 3.05) is 0 Å². The molecule has 0 N–H and O–H groups in total. The first-order chi connectivity index (χ1) is 7.20. The van der Waals surface area contributed by atoms with E-state index in [1.807, 2.05) is 41.9 Å². The fraction of sp³-hybridized carbons (Fsp3) is 0.182. The Morgan fingerprint density at radius 3 is 2.80 bits per heavy atom. The van der Waals surface area contributed by atoms with Crippen LogP contribution in [0.4, 0.5) is 0 Å². The van der Waals surface area contributed by atoms with Crippen molar-refractivity contribution in [2.45, 2.75) is 12.8 Å². The van der Waals surface area contributed by atoms with Crippen molar-refractivity contribution < 1.29 is 0 Å². The van der Waals surface area contributed by atoms with Crippen LogP contribution < -0.4 is 0 Å². The molecule has 1 heterocycles. The number of halogens is 2. The number of rotatable bonds is 2. The zero-order valence-electron chi connectivity index (χ0n) is 8.24. The topological polar surface area (TPSA) is 17.8 Å². The van der Waals surface area contributed by atoms with Gasteiger partial charge < -0.3 is 0 Å². The molecule has 0 aliphatic rings. The number of hydrogen-bond acceptors (Lipinski definition) is 1. The summed E-state index contributed by atoms with van der Waals surface area (Å²) in [6.07, 6.45) is 0. The average Bonchev–Trinajstić information content (AvgIpc) is 2.60. The Hall–Kier alpha value is -0.800. The summed E-state index contributed by atoms with van der Waals surface area (Å²) in [6, 6.07) is 10.0. The van der Waals surface area contributed by atoms with Gasteiger partial charge in [0, 0.05) is 10.2 Å². The second-order valence-corrected chi connectivity index (χ2v) is 4.49. The molecule has 0 unspecified atom stereocenters. The number of aryl methyl sites for hydroxylation is 1. The van der Waals surface area contributed by atoms with Crippen molar-refractivity contribution in [3.05, 3.63) is 46.2 Å². The Bertz CT molecular complexity index is 479. The molecule has 1 aromatic carbocycles. The van der Waals surface area contributed by atoms with Crippen LogP contribution in [0.25, 0.3) is 5.69 Å². The van der Waals surface area contributed by atoms with Crippen LogP contribution in [0, 0.1) is 6.92 Å². The molecule has 0 aliphatic heterocycles. The molecule has 15 heavy (non-hydrogen) atoms. The number of aromatic nitrogens is 2. The fourth-order valence-corrected chi connectivity index (χ4v) is 1.99. The van der Waals surface area contributed by atoms with Crippen molar-refractivity contribution in [2.24, 2.45) is 0 Å². The van der Waals surface area contributed by atoms with Crippen molar-refractivity contribution >= 4 is 27.5 Å². The van der Waals surface area contributed by atoms with Crippen LogP contribution in [-0.4, -0.2) is 9.78 Å². The van der Waals surface area contributed by atoms with Crippen molar-refractivity contribution in [1.29, 1.82) is 0 Å². The summed E-state index contributed by atoms with van der Waals surface area (Å²) >= 11 is 9.19. The van der Waals surface area contributed by atoms with Crippen LogP contribution in [-0.2, 0) is 5.88 Å². The van der Waals surface area contributed by atoms with Gasteiger partial charge in [0.1, 0.15) is 0 Å². The van der Waals surface area contributed by atoms with Crippen LogP contribution in [0.15, 0.2) is 34.8 Å². The molecular formula is C11H10BrClN2. The first-order valence-corrected chi connectivity index (χ1v) is 5.91. The summed E-state index contributed by atoms with van der Waals surface area (Å²) in [4.78, 5) is 0. The van der Waals surface area contributed by atoms with E-state index >= 15 is 0 Å². The summed E-state index contributed by atoms with van der Waals surface area (Å²) in [5, 5.41) is 4.40. The number of alkyl halides is 1. The first kappa shape index (κ1) is 10.7. The number of nitrogens with zero attached hydrogens (tertiary/aromatic N) is 2. The summed E-state index contributed by atoms with van der Waals surface area (Å²) in [5.41, 5.74) is 3.02. The molecule has 2 aromatic rings. The van der Waals surface area contributed by atoms with E-state index in [0.717, 1.165) is 21.5 Å². The van der Waals surface area contributed by atoms with Crippen LogP contribution in [0.2, 0.25) is 0 Å².